The van der Waals surface area contributed by atoms with Gasteiger partial charge >= 0.3 is 0 Å². The van der Waals surface area contributed by atoms with Crippen LogP contribution in [-0.2, 0) is 11.2 Å². The Morgan fingerprint density at radius 3 is 2.82 bits per heavy atom. The normalized spacial score (nSPS) is 26.8. The van der Waals surface area contributed by atoms with Crippen LogP contribution in [-0.4, -0.2) is 12.9 Å². The number of allylic oxidation sites excluding steroid dienone is 2. The molecule has 1 atom stereocenters. The molecule has 0 bridgehead atoms. The Morgan fingerprint density at radius 2 is 2.05 bits per heavy atom. The van der Waals surface area contributed by atoms with Crippen molar-refractivity contribution in [2.75, 3.05) is 7.11 Å². The summed E-state index contributed by atoms with van der Waals surface area (Å²) in [6, 6.07) is 6.39. The van der Waals surface area contributed by atoms with Crippen LogP contribution in [0.2, 0.25) is 0 Å². The van der Waals surface area contributed by atoms with E-state index in [-0.39, 0.29) is 5.41 Å². The number of ether oxygens (including phenoxy) is 1. The minimum absolute atomic E-state index is 0.130. The van der Waals surface area contributed by atoms with Gasteiger partial charge in [0, 0.05) is 11.8 Å². The van der Waals surface area contributed by atoms with Crippen LogP contribution < -0.4 is 4.74 Å². The molecule has 2 aliphatic rings. The summed E-state index contributed by atoms with van der Waals surface area (Å²) in [6.45, 7) is 2.16. The Labute approximate surface area is 133 Å². The molecule has 0 aliphatic heterocycles. The van der Waals surface area contributed by atoms with E-state index >= 15 is 0 Å². The predicted molar refractivity (Wildman–Crippen MR) is 90.1 cm³/mol. The monoisotopic (exact) mass is 298 g/mol. The molecule has 0 spiro atoms. The van der Waals surface area contributed by atoms with Gasteiger partial charge in [0.2, 0.25) is 0 Å². The number of carbonyl (C=O) groups is 1. The molecule has 0 amide bonds. The standard InChI is InChI=1S/C20H26O2/c1-20(12-4-3-8-19(20)21)13-11-15-6-5-7-16-14-17(22-2)9-10-18(15)16/h9-11,14H,3-8,12-13H2,1-2H3/b15-11-/t20-/m0/s1. The summed E-state index contributed by atoms with van der Waals surface area (Å²) in [5, 5.41) is 0. The maximum atomic E-state index is 12.3. The molecule has 0 unspecified atom stereocenters. The van der Waals surface area contributed by atoms with Crippen LogP contribution in [0.3, 0.4) is 0 Å². The fraction of sp³-hybridized carbons (Fsp3) is 0.550. The zero-order valence-electron chi connectivity index (χ0n) is 13.8. The van der Waals surface area contributed by atoms with E-state index in [4.69, 9.17) is 4.74 Å². The summed E-state index contributed by atoms with van der Waals surface area (Å²) in [5.74, 6) is 1.40. The SMILES string of the molecule is COc1ccc2c(c1)CCC/C2=C/C[C@]1(C)CCCCC1=O. The molecule has 22 heavy (non-hydrogen) atoms. The molecule has 0 radical (unpaired) electrons. The van der Waals surface area contributed by atoms with Crippen molar-refractivity contribution in [3.05, 3.63) is 35.4 Å². The van der Waals surface area contributed by atoms with Crippen molar-refractivity contribution >= 4 is 11.4 Å². The smallest absolute Gasteiger partial charge is 0.139 e. The summed E-state index contributed by atoms with van der Waals surface area (Å²) < 4.78 is 5.34. The van der Waals surface area contributed by atoms with Gasteiger partial charge in [-0.1, -0.05) is 25.5 Å². The molecule has 2 heteroatoms. The fourth-order valence-corrected chi connectivity index (χ4v) is 3.84. The highest BCUT2D eigenvalue weighted by Crippen LogP contribution is 2.39. The van der Waals surface area contributed by atoms with Gasteiger partial charge in [-0.15, -0.1) is 0 Å². The van der Waals surface area contributed by atoms with Gasteiger partial charge in [0.15, 0.2) is 0 Å². The summed E-state index contributed by atoms with van der Waals surface area (Å²) >= 11 is 0. The number of carbonyl (C=O) groups excluding carboxylic acids is 1. The van der Waals surface area contributed by atoms with Crippen molar-refractivity contribution in [2.45, 2.75) is 58.3 Å². The number of methoxy groups -OCH3 is 1. The molecule has 0 aromatic heterocycles. The molecule has 118 valence electrons. The number of Topliss-reactive ketones (excluding diaryl/α,β-unsaturated/α-hetero) is 1. The summed E-state index contributed by atoms with van der Waals surface area (Å²) in [6.07, 6.45) is 10.8. The van der Waals surface area contributed by atoms with E-state index in [1.807, 2.05) is 6.07 Å². The number of rotatable bonds is 3. The maximum Gasteiger partial charge on any atom is 0.139 e. The second-order valence-electron chi connectivity index (χ2n) is 7.00. The summed E-state index contributed by atoms with van der Waals surface area (Å²) in [5.41, 5.74) is 4.04. The van der Waals surface area contributed by atoms with Crippen LogP contribution in [0.1, 0.15) is 63.0 Å². The first kappa shape index (κ1) is 15.3. The highest BCUT2D eigenvalue weighted by Gasteiger charge is 2.34. The molecule has 1 aromatic rings. The molecule has 1 saturated carbocycles. The lowest BCUT2D eigenvalue weighted by atomic mass is 9.71. The number of ketones is 1. The van der Waals surface area contributed by atoms with Crippen LogP contribution in [0.5, 0.6) is 5.75 Å². The molecule has 1 aromatic carbocycles. The first-order valence-electron chi connectivity index (χ1n) is 8.52. The second-order valence-corrected chi connectivity index (χ2v) is 7.00. The average Bonchev–Trinajstić information content (AvgIpc) is 2.55. The molecule has 2 nitrogen and oxygen atoms in total. The predicted octanol–water partition coefficient (Wildman–Crippen LogP) is 4.95. The Kier molecular flexibility index (Phi) is 4.37. The van der Waals surface area contributed by atoms with Crippen molar-refractivity contribution < 1.29 is 9.53 Å². The summed E-state index contributed by atoms with van der Waals surface area (Å²) in [4.78, 5) is 12.3. The van der Waals surface area contributed by atoms with Crippen molar-refractivity contribution in [2.24, 2.45) is 5.41 Å². The fourth-order valence-electron chi connectivity index (χ4n) is 3.84. The van der Waals surface area contributed by atoms with Gasteiger partial charge in [-0.05, 0) is 67.4 Å². The third-order valence-corrected chi connectivity index (χ3v) is 5.41. The highest BCUT2D eigenvalue weighted by atomic mass is 16.5. The van der Waals surface area contributed by atoms with Gasteiger partial charge in [0.25, 0.3) is 0 Å². The third kappa shape index (κ3) is 2.97. The second kappa shape index (κ2) is 6.28. The van der Waals surface area contributed by atoms with Crippen molar-refractivity contribution in [1.29, 1.82) is 0 Å². The van der Waals surface area contributed by atoms with Gasteiger partial charge < -0.3 is 4.74 Å². The summed E-state index contributed by atoms with van der Waals surface area (Å²) in [7, 11) is 1.72. The topological polar surface area (TPSA) is 26.3 Å². The van der Waals surface area contributed by atoms with Crippen molar-refractivity contribution in [3.63, 3.8) is 0 Å². The molecule has 3 rings (SSSR count). The van der Waals surface area contributed by atoms with E-state index in [1.165, 1.54) is 29.5 Å². The van der Waals surface area contributed by atoms with Gasteiger partial charge in [0.1, 0.15) is 11.5 Å². The third-order valence-electron chi connectivity index (χ3n) is 5.41. The van der Waals surface area contributed by atoms with Crippen LogP contribution >= 0.6 is 0 Å². The molecule has 2 aliphatic carbocycles. The van der Waals surface area contributed by atoms with Crippen LogP contribution in [0.15, 0.2) is 24.3 Å². The lowest BCUT2D eigenvalue weighted by Gasteiger charge is -2.31. The van der Waals surface area contributed by atoms with Gasteiger partial charge in [-0.2, -0.15) is 0 Å². The van der Waals surface area contributed by atoms with Gasteiger partial charge in [-0.3, -0.25) is 4.79 Å². The number of fused-ring (bicyclic) bond motifs is 1. The Morgan fingerprint density at radius 1 is 1.18 bits per heavy atom. The lowest BCUT2D eigenvalue weighted by molar-refractivity contribution is -0.130. The van der Waals surface area contributed by atoms with Crippen molar-refractivity contribution in [3.8, 4) is 5.75 Å². The first-order chi connectivity index (χ1) is 10.6. The lowest BCUT2D eigenvalue weighted by Crippen LogP contribution is -2.30. The van der Waals surface area contributed by atoms with Gasteiger partial charge in [0.05, 0.1) is 7.11 Å². The number of hydrogen-bond donors (Lipinski definition) is 0. The molecule has 0 heterocycles. The van der Waals surface area contributed by atoms with Crippen LogP contribution in [0, 0.1) is 5.41 Å². The van der Waals surface area contributed by atoms with E-state index in [2.05, 4.69) is 25.1 Å². The first-order valence-corrected chi connectivity index (χ1v) is 8.52. The van der Waals surface area contributed by atoms with Crippen LogP contribution in [0.4, 0.5) is 0 Å². The average molecular weight is 298 g/mol. The molecule has 0 N–H and O–H groups in total. The maximum absolute atomic E-state index is 12.3. The minimum atomic E-state index is -0.130. The largest absolute Gasteiger partial charge is 0.497 e. The number of hydrogen-bond acceptors (Lipinski definition) is 2. The van der Waals surface area contributed by atoms with E-state index in [0.717, 1.165) is 44.3 Å². The molecule has 1 fully saturated rings. The molecular formula is C20H26O2. The number of benzene rings is 1. The molecule has 0 saturated heterocycles. The zero-order chi connectivity index (χ0) is 15.6. The Balaban J connectivity index is 1.83. The van der Waals surface area contributed by atoms with Crippen LogP contribution in [0.25, 0.3) is 5.57 Å². The van der Waals surface area contributed by atoms with E-state index in [1.54, 1.807) is 7.11 Å². The van der Waals surface area contributed by atoms with Crippen molar-refractivity contribution in [1.82, 2.24) is 0 Å². The van der Waals surface area contributed by atoms with E-state index < -0.39 is 0 Å². The highest BCUT2D eigenvalue weighted by molar-refractivity contribution is 5.85. The van der Waals surface area contributed by atoms with E-state index in [9.17, 15) is 4.79 Å². The Bertz CT molecular complexity index is 600. The van der Waals surface area contributed by atoms with Gasteiger partial charge in [-0.25, -0.2) is 0 Å². The molecular weight excluding hydrogens is 272 g/mol. The van der Waals surface area contributed by atoms with E-state index in [0.29, 0.717) is 5.78 Å². The minimum Gasteiger partial charge on any atom is -0.497 e. The zero-order valence-corrected chi connectivity index (χ0v) is 13.8. The number of aryl methyl sites for hydroxylation is 1. The Hall–Kier alpha value is -1.57. The quantitative estimate of drug-likeness (QED) is 0.789.